The van der Waals surface area contributed by atoms with E-state index in [4.69, 9.17) is 4.74 Å². The van der Waals surface area contributed by atoms with Crippen LogP contribution in [0.1, 0.15) is 42.0 Å². The van der Waals surface area contributed by atoms with E-state index in [1.165, 1.54) is 0 Å². The third-order valence-corrected chi connectivity index (χ3v) is 4.79. The van der Waals surface area contributed by atoms with E-state index in [0.29, 0.717) is 6.42 Å². The number of methoxy groups -OCH3 is 1. The standard InChI is InChI=1S/C24H25NO2/c1-18(19-9-5-3-6-10-19)25-24(26)17-23(20-11-7-4-8-12-20)21-13-15-22(27-2)16-14-21/h3-16,18,23H,17H2,1-2H3,(H,25,26)/t18-,23-/m1/s1. The minimum absolute atomic E-state index is 0.0000736. The van der Waals surface area contributed by atoms with Crippen LogP contribution in [0.5, 0.6) is 5.75 Å². The van der Waals surface area contributed by atoms with Crippen molar-refractivity contribution in [2.75, 3.05) is 7.11 Å². The summed E-state index contributed by atoms with van der Waals surface area (Å²) in [4.78, 5) is 12.8. The van der Waals surface area contributed by atoms with Gasteiger partial charge in [-0.15, -0.1) is 0 Å². The first-order chi connectivity index (χ1) is 13.2. The number of amides is 1. The molecule has 1 amide bonds. The Morgan fingerprint density at radius 1 is 0.815 bits per heavy atom. The predicted molar refractivity (Wildman–Crippen MR) is 109 cm³/mol. The molecule has 0 heterocycles. The van der Waals surface area contributed by atoms with Gasteiger partial charge in [0.25, 0.3) is 0 Å². The highest BCUT2D eigenvalue weighted by molar-refractivity contribution is 5.78. The Morgan fingerprint density at radius 2 is 1.33 bits per heavy atom. The average Bonchev–Trinajstić information content (AvgIpc) is 2.73. The van der Waals surface area contributed by atoms with Crippen LogP contribution >= 0.6 is 0 Å². The number of rotatable bonds is 7. The van der Waals surface area contributed by atoms with Gasteiger partial charge in [-0.05, 0) is 35.7 Å². The number of benzene rings is 3. The van der Waals surface area contributed by atoms with Crippen molar-refractivity contribution in [2.45, 2.75) is 25.3 Å². The van der Waals surface area contributed by atoms with Crippen molar-refractivity contribution in [3.05, 3.63) is 102 Å². The van der Waals surface area contributed by atoms with E-state index in [2.05, 4.69) is 17.4 Å². The van der Waals surface area contributed by atoms with Crippen LogP contribution in [0.2, 0.25) is 0 Å². The Hall–Kier alpha value is -3.07. The molecule has 0 unspecified atom stereocenters. The largest absolute Gasteiger partial charge is 0.497 e. The molecule has 3 nitrogen and oxygen atoms in total. The van der Waals surface area contributed by atoms with Crippen molar-refractivity contribution in [3.63, 3.8) is 0 Å². The first-order valence-corrected chi connectivity index (χ1v) is 9.20. The lowest BCUT2D eigenvalue weighted by Gasteiger charge is -2.20. The molecule has 3 rings (SSSR count). The van der Waals surface area contributed by atoms with Gasteiger partial charge in [-0.3, -0.25) is 4.79 Å². The monoisotopic (exact) mass is 359 g/mol. The van der Waals surface area contributed by atoms with Gasteiger partial charge in [-0.1, -0.05) is 72.8 Å². The molecule has 0 fully saturated rings. The first kappa shape index (κ1) is 18.7. The third kappa shape index (κ3) is 4.98. The van der Waals surface area contributed by atoms with E-state index in [9.17, 15) is 4.79 Å². The minimum Gasteiger partial charge on any atom is -0.497 e. The van der Waals surface area contributed by atoms with E-state index in [0.717, 1.165) is 22.4 Å². The maximum absolute atomic E-state index is 12.8. The lowest BCUT2D eigenvalue weighted by Crippen LogP contribution is -2.28. The highest BCUT2D eigenvalue weighted by atomic mass is 16.5. The molecule has 3 aromatic carbocycles. The van der Waals surface area contributed by atoms with Crippen LogP contribution in [0.3, 0.4) is 0 Å². The van der Waals surface area contributed by atoms with Crippen LogP contribution in [0, 0.1) is 0 Å². The molecular formula is C24H25NO2. The van der Waals surface area contributed by atoms with Gasteiger partial charge in [0.05, 0.1) is 13.2 Å². The van der Waals surface area contributed by atoms with Crippen molar-refractivity contribution in [3.8, 4) is 5.75 Å². The molecule has 0 saturated heterocycles. The third-order valence-electron chi connectivity index (χ3n) is 4.79. The van der Waals surface area contributed by atoms with E-state index in [-0.39, 0.29) is 17.9 Å². The normalized spacial score (nSPS) is 12.8. The number of ether oxygens (including phenoxy) is 1. The van der Waals surface area contributed by atoms with Crippen LogP contribution in [-0.4, -0.2) is 13.0 Å². The predicted octanol–water partition coefficient (Wildman–Crippen LogP) is 5.09. The fourth-order valence-electron chi connectivity index (χ4n) is 3.26. The van der Waals surface area contributed by atoms with Crippen molar-refractivity contribution >= 4 is 5.91 Å². The molecular weight excluding hydrogens is 334 g/mol. The summed E-state index contributed by atoms with van der Waals surface area (Å²) in [5, 5.41) is 3.13. The molecule has 3 heteroatoms. The number of carbonyl (C=O) groups is 1. The molecule has 0 radical (unpaired) electrons. The van der Waals surface area contributed by atoms with Crippen LogP contribution in [0.25, 0.3) is 0 Å². The fraction of sp³-hybridized carbons (Fsp3) is 0.208. The molecule has 0 spiro atoms. The molecule has 138 valence electrons. The van der Waals surface area contributed by atoms with Crippen LogP contribution in [0.15, 0.2) is 84.9 Å². The molecule has 0 aliphatic heterocycles. The SMILES string of the molecule is COc1ccc([C@H](CC(=O)N[C@H](C)c2ccccc2)c2ccccc2)cc1. The fourth-order valence-corrected chi connectivity index (χ4v) is 3.26. The van der Waals surface area contributed by atoms with Crippen molar-refractivity contribution in [1.82, 2.24) is 5.32 Å². The van der Waals surface area contributed by atoms with Crippen molar-refractivity contribution < 1.29 is 9.53 Å². The molecule has 3 aromatic rings. The van der Waals surface area contributed by atoms with Crippen LogP contribution in [-0.2, 0) is 4.79 Å². The summed E-state index contributed by atoms with van der Waals surface area (Å²) < 4.78 is 5.26. The first-order valence-electron chi connectivity index (χ1n) is 9.20. The molecule has 2 atom stereocenters. The van der Waals surface area contributed by atoms with Crippen molar-refractivity contribution in [1.29, 1.82) is 0 Å². The summed E-state index contributed by atoms with van der Waals surface area (Å²) in [7, 11) is 1.65. The molecule has 0 aliphatic carbocycles. The Balaban J connectivity index is 1.77. The Bertz CT molecular complexity index is 845. The van der Waals surface area contributed by atoms with Gasteiger partial charge in [0.2, 0.25) is 5.91 Å². The summed E-state index contributed by atoms with van der Waals surface area (Å²) >= 11 is 0. The zero-order chi connectivity index (χ0) is 19.1. The summed E-state index contributed by atoms with van der Waals surface area (Å²) in [6.45, 7) is 2.01. The maximum atomic E-state index is 12.8. The topological polar surface area (TPSA) is 38.3 Å². The summed E-state index contributed by atoms with van der Waals surface area (Å²) in [5.41, 5.74) is 3.33. The Kier molecular flexibility index (Phi) is 6.26. The molecule has 0 saturated carbocycles. The minimum atomic E-state index is -0.0222. The quantitative estimate of drug-likeness (QED) is 0.638. The molecule has 27 heavy (non-hydrogen) atoms. The highest BCUT2D eigenvalue weighted by Gasteiger charge is 2.19. The smallest absolute Gasteiger partial charge is 0.221 e. The summed E-state index contributed by atoms with van der Waals surface area (Å²) in [5.74, 6) is 0.851. The molecule has 0 aromatic heterocycles. The molecule has 1 N–H and O–H groups in total. The summed E-state index contributed by atoms with van der Waals surface area (Å²) in [6, 6.07) is 28.1. The zero-order valence-corrected chi connectivity index (χ0v) is 15.8. The van der Waals surface area contributed by atoms with E-state index >= 15 is 0 Å². The van der Waals surface area contributed by atoms with Gasteiger partial charge in [0.1, 0.15) is 5.75 Å². The van der Waals surface area contributed by atoms with Crippen LogP contribution in [0.4, 0.5) is 0 Å². The van der Waals surface area contributed by atoms with Gasteiger partial charge in [-0.2, -0.15) is 0 Å². The Labute approximate surface area is 161 Å². The Morgan fingerprint density at radius 3 is 1.89 bits per heavy atom. The number of hydrogen-bond donors (Lipinski definition) is 1. The van der Waals surface area contributed by atoms with Gasteiger partial charge < -0.3 is 10.1 Å². The molecule has 0 bridgehead atoms. The van der Waals surface area contributed by atoms with E-state index < -0.39 is 0 Å². The van der Waals surface area contributed by atoms with Gasteiger partial charge in [0.15, 0.2) is 0 Å². The summed E-state index contributed by atoms with van der Waals surface area (Å²) in [6.07, 6.45) is 0.396. The highest BCUT2D eigenvalue weighted by Crippen LogP contribution is 2.29. The number of nitrogens with one attached hydrogen (secondary N) is 1. The lowest BCUT2D eigenvalue weighted by molar-refractivity contribution is -0.121. The lowest BCUT2D eigenvalue weighted by atomic mass is 9.88. The second-order valence-electron chi connectivity index (χ2n) is 6.64. The maximum Gasteiger partial charge on any atom is 0.221 e. The number of hydrogen-bond acceptors (Lipinski definition) is 2. The molecule has 0 aliphatic rings. The van der Waals surface area contributed by atoms with Gasteiger partial charge >= 0.3 is 0 Å². The van der Waals surface area contributed by atoms with E-state index in [1.54, 1.807) is 7.11 Å². The van der Waals surface area contributed by atoms with Crippen LogP contribution < -0.4 is 10.1 Å². The second kappa shape index (κ2) is 9.04. The van der Waals surface area contributed by atoms with Gasteiger partial charge in [0, 0.05) is 12.3 Å². The van der Waals surface area contributed by atoms with E-state index in [1.807, 2.05) is 79.7 Å². The van der Waals surface area contributed by atoms with Crippen molar-refractivity contribution in [2.24, 2.45) is 0 Å². The van der Waals surface area contributed by atoms with Gasteiger partial charge in [-0.25, -0.2) is 0 Å². The average molecular weight is 359 g/mol. The second-order valence-corrected chi connectivity index (χ2v) is 6.64. The zero-order valence-electron chi connectivity index (χ0n) is 15.8. The number of carbonyl (C=O) groups excluding carboxylic acids is 1.